The summed E-state index contributed by atoms with van der Waals surface area (Å²) in [6.45, 7) is 8.65. The lowest BCUT2D eigenvalue weighted by Gasteiger charge is -2.36. The number of amides is 2. The van der Waals surface area contributed by atoms with Crippen LogP contribution in [0.2, 0.25) is 0 Å². The number of aromatic nitrogens is 1. The minimum atomic E-state index is -0.168. The molecule has 0 saturated carbocycles. The molecule has 8 nitrogen and oxygen atoms in total. The summed E-state index contributed by atoms with van der Waals surface area (Å²) in [5, 5.41) is 7.09. The number of nitrogens with zero attached hydrogens (tertiary/aromatic N) is 3. The molecule has 1 aromatic heterocycles. The topological polar surface area (TPSA) is 80.1 Å². The minimum Gasteiger partial charge on any atom is -0.379 e. The van der Waals surface area contributed by atoms with Gasteiger partial charge in [0.05, 0.1) is 24.9 Å². The molecule has 0 bridgehead atoms. The zero-order valence-electron chi connectivity index (χ0n) is 15.3. The molecule has 2 aliphatic heterocycles. The van der Waals surface area contributed by atoms with E-state index in [9.17, 15) is 4.79 Å². The third-order valence-corrected chi connectivity index (χ3v) is 5.03. The standard InChI is InChI=1S/C17H28N4O4/c1-12-14(13(2)25-19-12)10-24-16-11-23-9-4-15(16)18-17(22)21-7-5-20(3)6-8-21/h15-16H,4-11H2,1-3H3,(H,18,22)/t15-,16-/m1/s1. The Labute approximate surface area is 148 Å². The Morgan fingerprint density at radius 2 is 2.08 bits per heavy atom. The van der Waals surface area contributed by atoms with Crippen LogP contribution in [0, 0.1) is 13.8 Å². The Morgan fingerprint density at radius 1 is 1.32 bits per heavy atom. The van der Waals surface area contributed by atoms with Crippen LogP contribution in [0.25, 0.3) is 0 Å². The van der Waals surface area contributed by atoms with Crippen molar-refractivity contribution in [1.29, 1.82) is 0 Å². The SMILES string of the molecule is Cc1noc(C)c1CO[C@@H]1COCC[C@H]1NC(=O)N1CCN(C)CC1. The Bertz CT molecular complexity index is 564. The predicted molar refractivity (Wildman–Crippen MR) is 91.4 cm³/mol. The fourth-order valence-electron chi connectivity index (χ4n) is 3.20. The minimum absolute atomic E-state index is 0.00839. The molecular formula is C17H28N4O4. The molecule has 2 amide bonds. The lowest BCUT2D eigenvalue weighted by atomic mass is 10.1. The zero-order valence-corrected chi connectivity index (χ0v) is 15.3. The highest BCUT2D eigenvalue weighted by Crippen LogP contribution is 2.18. The Kier molecular flexibility index (Phi) is 5.93. The van der Waals surface area contributed by atoms with Crippen LogP contribution in [-0.2, 0) is 16.1 Å². The largest absolute Gasteiger partial charge is 0.379 e. The quantitative estimate of drug-likeness (QED) is 0.868. The molecule has 1 N–H and O–H groups in total. The maximum atomic E-state index is 12.5. The van der Waals surface area contributed by atoms with E-state index < -0.39 is 0 Å². The molecule has 2 atom stereocenters. The number of hydrogen-bond acceptors (Lipinski definition) is 6. The monoisotopic (exact) mass is 352 g/mol. The molecule has 0 unspecified atom stereocenters. The fourth-order valence-corrected chi connectivity index (χ4v) is 3.20. The second kappa shape index (κ2) is 8.16. The second-order valence-electron chi connectivity index (χ2n) is 6.86. The highest BCUT2D eigenvalue weighted by molar-refractivity contribution is 5.74. The van der Waals surface area contributed by atoms with E-state index in [1.807, 2.05) is 18.7 Å². The van der Waals surface area contributed by atoms with Gasteiger partial charge in [0.1, 0.15) is 11.9 Å². The van der Waals surface area contributed by atoms with Crippen LogP contribution < -0.4 is 5.32 Å². The molecule has 2 fully saturated rings. The van der Waals surface area contributed by atoms with Gasteiger partial charge < -0.3 is 29.1 Å². The second-order valence-corrected chi connectivity index (χ2v) is 6.86. The van der Waals surface area contributed by atoms with E-state index in [4.69, 9.17) is 14.0 Å². The number of carbonyl (C=O) groups excluding carboxylic acids is 1. The van der Waals surface area contributed by atoms with Gasteiger partial charge in [-0.25, -0.2) is 4.79 Å². The van der Waals surface area contributed by atoms with Gasteiger partial charge in [0.2, 0.25) is 0 Å². The van der Waals surface area contributed by atoms with E-state index in [1.54, 1.807) is 0 Å². The van der Waals surface area contributed by atoms with Crippen LogP contribution in [-0.4, -0.2) is 79.6 Å². The molecule has 0 spiro atoms. The van der Waals surface area contributed by atoms with Gasteiger partial charge in [0, 0.05) is 38.3 Å². The van der Waals surface area contributed by atoms with E-state index in [2.05, 4.69) is 22.4 Å². The first-order valence-electron chi connectivity index (χ1n) is 8.89. The Morgan fingerprint density at radius 3 is 2.76 bits per heavy atom. The van der Waals surface area contributed by atoms with Gasteiger partial charge in [-0.2, -0.15) is 0 Å². The third-order valence-electron chi connectivity index (χ3n) is 5.03. The molecule has 8 heteroatoms. The zero-order chi connectivity index (χ0) is 17.8. The van der Waals surface area contributed by atoms with E-state index >= 15 is 0 Å². The van der Waals surface area contributed by atoms with Crippen molar-refractivity contribution in [2.24, 2.45) is 0 Å². The number of carbonyl (C=O) groups is 1. The summed E-state index contributed by atoms with van der Waals surface area (Å²) in [6, 6.07) is -0.0488. The summed E-state index contributed by atoms with van der Waals surface area (Å²) in [5.74, 6) is 0.771. The normalized spacial score (nSPS) is 25.2. The summed E-state index contributed by atoms with van der Waals surface area (Å²) in [6.07, 6.45) is 0.588. The van der Waals surface area contributed by atoms with Crippen LogP contribution in [0.5, 0.6) is 0 Å². The number of urea groups is 1. The van der Waals surface area contributed by atoms with Gasteiger partial charge in [0.15, 0.2) is 0 Å². The van der Waals surface area contributed by atoms with Crippen molar-refractivity contribution in [1.82, 2.24) is 20.3 Å². The highest BCUT2D eigenvalue weighted by atomic mass is 16.5. The first-order valence-corrected chi connectivity index (χ1v) is 8.89. The van der Waals surface area contributed by atoms with Gasteiger partial charge >= 0.3 is 6.03 Å². The number of rotatable bonds is 4. The fraction of sp³-hybridized carbons (Fsp3) is 0.765. The van der Waals surface area contributed by atoms with Crippen molar-refractivity contribution in [3.63, 3.8) is 0 Å². The molecule has 25 heavy (non-hydrogen) atoms. The van der Waals surface area contributed by atoms with Gasteiger partial charge in [-0.1, -0.05) is 5.16 Å². The van der Waals surface area contributed by atoms with Gasteiger partial charge in [-0.15, -0.1) is 0 Å². The molecule has 2 aliphatic rings. The molecule has 0 aliphatic carbocycles. The number of piperazine rings is 1. The Hall–Kier alpha value is -1.64. The van der Waals surface area contributed by atoms with Crippen LogP contribution >= 0.6 is 0 Å². The molecule has 0 radical (unpaired) electrons. The first kappa shape index (κ1) is 18.2. The highest BCUT2D eigenvalue weighted by Gasteiger charge is 2.30. The van der Waals surface area contributed by atoms with Crippen LogP contribution in [0.15, 0.2) is 4.52 Å². The average Bonchev–Trinajstić information content (AvgIpc) is 2.93. The first-order chi connectivity index (χ1) is 12.0. The number of likely N-dealkylation sites (N-methyl/N-ethyl adjacent to an activating group) is 1. The summed E-state index contributed by atoms with van der Waals surface area (Å²) in [4.78, 5) is 16.6. The molecule has 1 aromatic rings. The van der Waals surface area contributed by atoms with Crippen molar-refractivity contribution in [2.45, 2.75) is 39.0 Å². The lowest BCUT2D eigenvalue weighted by Crippen LogP contribution is -2.56. The van der Waals surface area contributed by atoms with Crippen molar-refractivity contribution < 1.29 is 18.8 Å². The van der Waals surface area contributed by atoms with Gasteiger partial charge in [0.25, 0.3) is 0 Å². The molecule has 3 heterocycles. The van der Waals surface area contributed by atoms with Crippen LogP contribution in [0.4, 0.5) is 4.79 Å². The summed E-state index contributed by atoms with van der Waals surface area (Å²) >= 11 is 0. The molecular weight excluding hydrogens is 324 g/mol. The maximum absolute atomic E-state index is 12.5. The van der Waals surface area contributed by atoms with Crippen LogP contribution in [0.1, 0.15) is 23.4 Å². The van der Waals surface area contributed by atoms with Crippen LogP contribution in [0.3, 0.4) is 0 Å². The van der Waals surface area contributed by atoms with E-state index in [0.29, 0.717) is 19.8 Å². The van der Waals surface area contributed by atoms with Crippen molar-refractivity contribution in [3.8, 4) is 0 Å². The van der Waals surface area contributed by atoms with E-state index in [0.717, 1.165) is 49.6 Å². The number of nitrogens with one attached hydrogen (secondary N) is 1. The van der Waals surface area contributed by atoms with E-state index in [1.165, 1.54) is 0 Å². The van der Waals surface area contributed by atoms with Crippen molar-refractivity contribution >= 4 is 6.03 Å². The average molecular weight is 352 g/mol. The molecule has 3 rings (SSSR count). The van der Waals surface area contributed by atoms with Gasteiger partial charge in [-0.05, 0) is 27.3 Å². The van der Waals surface area contributed by atoms with Crippen molar-refractivity contribution in [3.05, 3.63) is 17.0 Å². The molecule has 0 aromatic carbocycles. The predicted octanol–water partition coefficient (Wildman–Crippen LogP) is 0.923. The maximum Gasteiger partial charge on any atom is 0.317 e. The number of hydrogen-bond donors (Lipinski definition) is 1. The molecule has 2 saturated heterocycles. The smallest absolute Gasteiger partial charge is 0.317 e. The summed E-state index contributed by atoms with van der Waals surface area (Å²) in [7, 11) is 2.08. The number of ether oxygens (including phenoxy) is 2. The molecule has 140 valence electrons. The van der Waals surface area contributed by atoms with Crippen molar-refractivity contribution in [2.75, 3.05) is 46.4 Å². The summed E-state index contributed by atoms with van der Waals surface area (Å²) in [5.41, 5.74) is 1.81. The third kappa shape index (κ3) is 4.50. The van der Waals surface area contributed by atoms with Gasteiger partial charge in [-0.3, -0.25) is 0 Å². The Balaban J connectivity index is 1.54. The summed E-state index contributed by atoms with van der Waals surface area (Å²) < 4.78 is 16.8. The van der Waals surface area contributed by atoms with E-state index in [-0.39, 0.29) is 18.2 Å². The number of aryl methyl sites for hydroxylation is 2. The lowest BCUT2D eigenvalue weighted by molar-refractivity contribution is -0.0740.